The molecule has 0 aliphatic carbocycles. The van der Waals surface area contributed by atoms with Gasteiger partial charge in [0.05, 0.1) is 11.3 Å². The van der Waals surface area contributed by atoms with Crippen molar-refractivity contribution in [3.8, 4) is 0 Å². The van der Waals surface area contributed by atoms with Crippen LogP contribution in [0.2, 0.25) is 0 Å². The van der Waals surface area contributed by atoms with Gasteiger partial charge in [-0.25, -0.2) is 9.78 Å². The molecule has 0 bridgehead atoms. The van der Waals surface area contributed by atoms with Crippen molar-refractivity contribution in [2.75, 3.05) is 31.6 Å². The lowest BCUT2D eigenvalue weighted by atomic mass is 10.2. The topological polar surface area (TPSA) is 56.7 Å². The number of nitrogens with zero attached hydrogens (tertiary/aromatic N) is 3. The van der Waals surface area contributed by atoms with Crippen LogP contribution in [-0.2, 0) is 0 Å². The third-order valence-corrected chi connectivity index (χ3v) is 3.64. The summed E-state index contributed by atoms with van der Waals surface area (Å²) in [5, 5.41) is 9.04. The van der Waals surface area contributed by atoms with E-state index in [1.807, 2.05) is 6.07 Å². The number of anilines is 1. The zero-order chi connectivity index (χ0) is 14.0. The van der Waals surface area contributed by atoms with Crippen LogP contribution in [0.4, 0.5) is 5.82 Å². The minimum absolute atomic E-state index is 0.281. The van der Waals surface area contributed by atoms with Gasteiger partial charge in [0.25, 0.3) is 0 Å². The number of rotatable bonds is 2. The number of hydrogen-bond acceptors (Lipinski definition) is 4. The second-order valence-electron chi connectivity index (χ2n) is 5.27. The molecule has 1 fully saturated rings. The molecule has 1 aliphatic rings. The molecule has 1 saturated heterocycles. The van der Waals surface area contributed by atoms with Crippen molar-refractivity contribution in [3.63, 3.8) is 0 Å². The van der Waals surface area contributed by atoms with E-state index in [1.54, 1.807) is 13.0 Å². The van der Waals surface area contributed by atoms with Gasteiger partial charge in [-0.2, -0.15) is 0 Å². The largest absolute Gasteiger partial charge is 0.478 e. The fourth-order valence-corrected chi connectivity index (χ4v) is 2.65. The van der Waals surface area contributed by atoms with Crippen molar-refractivity contribution >= 4 is 11.8 Å². The van der Waals surface area contributed by atoms with E-state index in [1.165, 1.54) is 0 Å². The fraction of sp³-hybridized carbons (Fsp3) is 0.571. The van der Waals surface area contributed by atoms with Crippen molar-refractivity contribution in [1.29, 1.82) is 0 Å². The summed E-state index contributed by atoms with van der Waals surface area (Å²) in [4.78, 5) is 20.1. The van der Waals surface area contributed by atoms with Gasteiger partial charge in [-0.15, -0.1) is 0 Å². The van der Waals surface area contributed by atoms with Crippen LogP contribution in [0.5, 0.6) is 0 Å². The molecule has 104 valence electrons. The first-order valence-corrected chi connectivity index (χ1v) is 6.65. The summed E-state index contributed by atoms with van der Waals surface area (Å²) in [6, 6.07) is 3.86. The highest BCUT2D eigenvalue weighted by molar-refractivity contribution is 5.89. The Hall–Kier alpha value is -1.62. The Labute approximate surface area is 113 Å². The van der Waals surface area contributed by atoms with Gasteiger partial charge in [-0.3, -0.25) is 0 Å². The average molecular weight is 263 g/mol. The third kappa shape index (κ3) is 3.04. The zero-order valence-electron chi connectivity index (χ0n) is 11.8. The van der Waals surface area contributed by atoms with Crippen LogP contribution in [0.15, 0.2) is 12.1 Å². The van der Waals surface area contributed by atoms with E-state index < -0.39 is 5.97 Å². The van der Waals surface area contributed by atoms with Gasteiger partial charge in [0.1, 0.15) is 5.82 Å². The number of likely N-dealkylation sites (N-methyl/N-ethyl adjacent to an activating group) is 1. The Morgan fingerprint density at radius 2 is 2.16 bits per heavy atom. The highest BCUT2D eigenvalue weighted by atomic mass is 16.4. The van der Waals surface area contributed by atoms with Gasteiger partial charge in [0.15, 0.2) is 0 Å². The fourth-order valence-electron chi connectivity index (χ4n) is 2.65. The molecule has 5 nitrogen and oxygen atoms in total. The molecular weight excluding hydrogens is 242 g/mol. The van der Waals surface area contributed by atoms with Crippen molar-refractivity contribution in [1.82, 2.24) is 9.88 Å². The smallest absolute Gasteiger partial charge is 0.337 e. The lowest BCUT2D eigenvalue weighted by Crippen LogP contribution is -2.38. The quantitative estimate of drug-likeness (QED) is 0.878. The molecule has 0 spiro atoms. The first kappa shape index (κ1) is 13.8. The molecule has 2 rings (SSSR count). The molecule has 0 aromatic carbocycles. The Bertz CT molecular complexity index is 476. The Kier molecular flexibility index (Phi) is 4.04. The van der Waals surface area contributed by atoms with Gasteiger partial charge in [0.2, 0.25) is 0 Å². The van der Waals surface area contributed by atoms with Crippen LogP contribution in [0.1, 0.15) is 29.4 Å². The van der Waals surface area contributed by atoms with E-state index in [2.05, 4.69) is 28.8 Å². The van der Waals surface area contributed by atoms with Crippen molar-refractivity contribution in [2.24, 2.45) is 0 Å². The Morgan fingerprint density at radius 1 is 1.42 bits per heavy atom. The van der Waals surface area contributed by atoms with Gasteiger partial charge in [-0.05, 0) is 46.0 Å². The maximum atomic E-state index is 11.0. The summed E-state index contributed by atoms with van der Waals surface area (Å²) < 4.78 is 0. The zero-order valence-corrected chi connectivity index (χ0v) is 11.8. The Morgan fingerprint density at radius 3 is 2.79 bits per heavy atom. The molecule has 1 atom stereocenters. The van der Waals surface area contributed by atoms with Gasteiger partial charge < -0.3 is 14.9 Å². The van der Waals surface area contributed by atoms with E-state index >= 15 is 0 Å². The molecule has 1 aliphatic heterocycles. The van der Waals surface area contributed by atoms with Crippen LogP contribution in [0.25, 0.3) is 0 Å². The molecular formula is C14H21N3O2. The van der Waals surface area contributed by atoms with Crippen LogP contribution in [-0.4, -0.2) is 53.7 Å². The molecule has 1 N–H and O–H groups in total. The van der Waals surface area contributed by atoms with E-state index in [0.29, 0.717) is 11.7 Å². The molecule has 2 heterocycles. The van der Waals surface area contributed by atoms with Crippen LogP contribution in [0.3, 0.4) is 0 Å². The van der Waals surface area contributed by atoms with Gasteiger partial charge >= 0.3 is 5.97 Å². The molecule has 0 radical (unpaired) electrons. The summed E-state index contributed by atoms with van der Waals surface area (Å²) in [6.07, 6.45) is 1.10. The van der Waals surface area contributed by atoms with E-state index in [0.717, 1.165) is 31.9 Å². The van der Waals surface area contributed by atoms with Crippen molar-refractivity contribution in [2.45, 2.75) is 26.3 Å². The predicted molar refractivity (Wildman–Crippen MR) is 74.9 cm³/mol. The van der Waals surface area contributed by atoms with Crippen molar-refractivity contribution < 1.29 is 9.90 Å². The number of hydrogen-bond donors (Lipinski definition) is 1. The number of carboxylic acid groups (broad SMARTS) is 1. The van der Waals surface area contributed by atoms with Crippen molar-refractivity contribution in [3.05, 3.63) is 23.4 Å². The number of aromatic carboxylic acids is 1. The number of aromatic nitrogens is 1. The number of carbonyl (C=O) groups is 1. The summed E-state index contributed by atoms with van der Waals surface area (Å²) in [5.74, 6) is -0.0366. The summed E-state index contributed by atoms with van der Waals surface area (Å²) >= 11 is 0. The summed E-state index contributed by atoms with van der Waals surface area (Å²) in [7, 11) is 2.13. The molecule has 0 saturated carbocycles. The molecule has 5 heteroatoms. The maximum absolute atomic E-state index is 11.0. The second-order valence-corrected chi connectivity index (χ2v) is 5.27. The predicted octanol–water partition coefficient (Wildman–Crippen LogP) is 1.62. The monoisotopic (exact) mass is 263 g/mol. The van der Waals surface area contributed by atoms with E-state index in [-0.39, 0.29) is 5.56 Å². The maximum Gasteiger partial charge on any atom is 0.337 e. The average Bonchev–Trinajstić information content (AvgIpc) is 2.49. The molecule has 1 aromatic heterocycles. The lowest BCUT2D eigenvalue weighted by Gasteiger charge is -2.29. The third-order valence-electron chi connectivity index (χ3n) is 3.64. The second kappa shape index (κ2) is 5.57. The molecule has 1 aromatic rings. The first-order valence-electron chi connectivity index (χ1n) is 6.65. The van der Waals surface area contributed by atoms with Gasteiger partial charge in [-0.1, -0.05) is 0 Å². The normalized spacial score (nSPS) is 21.2. The molecule has 19 heavy (non-hydrogen) atoms. The van der Waals surface area contributed by atoms with Gasteiger partial charge in [0, 0.05) is 19.1 Å². The highest BCUT2D eigenvalue weighted by Gasteiger charge is 2.21. The summed E-state index contributed by atoms with van der Waals surface area (Å²) in [5.41, 5.74) is 0.859. The minimum atomic E-state index is -0.916. The van der Waals surface area contributed by atoms with Crippen LogP contribution < -0.4 is 4.90 Å². The summed E-state index contributed by atoms with van der Waals surface area (Å²) in [6.45, 7) is 6.99. The van der Waals surface area contributed by atoms with E-state index in [9.17, 15) is 4.79 Å². The number of aryl methyl sites for hydroxylation is 1. The number of pyridine rings is 1. The van der Waals surface area contributed by atoms with Crippen LogP contribution in [0, 0.1) is 6.92 Å². The van der Waals surface area contributed by atoms with Crippen LogP contribution >= 0.6 is 0 Å². The SMILES string of the molecule is Cc1nc(N2CCCN(C)CC2C)ccc1C(=O)O. The first-order chi connectivity index (χ1) is 8.99. The standard InChI is InChI=1S/C14H21N3O2/c1-10-9-16(3)7-4-8-17(10)13-6-5-12(14(18)19)11(2)15-13/h5-6,10H,4,7-9H2,1-3H3,(H,18,19). The minimum Gasteiger partial charge on any atom is -0.478 e. The highest BCUT2D eigenvalue weighted by Crippen LogP contribution is 2.20. The number of carboxylic acids is 1. The lowest BCUT2D eigenvalue weighted by molar-refractivity contribution is 0.0695. The Balaban J connectivity index is 2.25. The molecule has 0 amide bonds. The van der Waals surface area contributed by atoms with E-state index in [4.69, 9.17) is 5.11 Å². The molecule has 1 unspecified atom stereocenters.